The summed E-state index contributed by atoms with van der Waals surface area (Å²) in [5, 5.41) is 2.47. The van der Waals surface area contributed by atoms with Gasteiger partial charge in [0.25, 0.3) is 0 Å². The van der Waals surface area contributed by atoms with Gasteiger partial charge < -0.3 is 9.85 Å². The first-order valence-electron chi connectivity index (χ1n) is 11.7. The number of primary amides is 1. The van der Waals surface area contributed by atoms with Crippen molar-refractivity contribution in [1.82, 2.24) is 0 Å². The summed E-state index contributed by atoms with van der Waals surface area (Å²) in [5.41, 5.74) is 15.6. The Balaban J connectivity index is 2.15. The van der Waals surface area contributed by atoms with Crippen molar-refractivity contribution in [3.8, 4) is 11.1 Å². The van der Waals surface area contributed by atoms with Crippen molar-refractivity contribution in [2.75, 3.05) is 0 Å². The van der Waals surface area contributed by atoms with Gasteiger partial charge in [0, 0.05) is 5.56 Å². The first-order chi connectivity index (χ1) is 14.7. The normalized spacial score (nSPS) is 18.3. The van der Waals surface area contributed by atoms with E-state index in [-0.39, 0.29) is 11.3 Å². The van der Waals surface area contributed by atoms with Crippen LogP contribution in [0.2, 0.25) is 26.2 Å². The lowest BCUT2D eigenvalue weighted by molar-refractivity contribution is 0.100. The molecule has 0 unspecified atom stereocenters. The molecular formula is C27H37NO2Si2. The SMILES string of the molecule is CCC1=Cc2cc(C(C)(C)C)cc(-c3c(C(N)=O)cc4c(C)c3[Si](C)(C)O[Si]4(C)C)c2C1. The van der Waals surface area contributed by atoms with Crippen LogP contribution in [0.5, 0.6) is 0 Å². The fourth-order valence-corrected chi connectivity index (χ4v) is 15.3. The number of allylic oxidation sites excluding steroid dienone is 1. The summed E-state index contributed by atoms with van der Waals surface area (Å²) in [6.45, 7) is 20.3. The molecule has 2 bridgehead atoms. The molecule has 2 aromatic rings. The van der Waals surface area contributed by atoms with Crippen molar-refractivity contribution in [2.45, 2.75) is 79.1 Å². The molecule has 1 aliphatic carbocycles. The minimum Gasteiger partial charge on any atom is -0.449 e. The van der Waals surface area contributed by atoms with Gasteiger partial charge in [0.1, 0.15) is 0 Å². The van der Waals surface area contributed by atoms with Crippen LogP contribution in [0.15, 0.2) is 23.8 Å². The lowest BCUT2D eigenvalue weighted by atomic mass is 9.81. The summed E-state index contributed by atoms with van der Waals surface area (Å²) < 4.78 is 6.89. The Morgan fingerprint density at radius 1 is 1.09 bits per heavy atom. The number of carbonyl (C=O) groups is 1. The zero-order valence-corrected chi connectivity index (χ0v) is 23.1. The molecule has 2 N–H and O–H groups in total. The number of carbonyl (C=O) groups excluding carboxylic acids is 1. The first kappa shape index (κ1) is 23.2. The number of benzene rings is 2. The monoisotopic (exact) mass is 463 g/mol. The number of hydrogen-bond donors (Lipinski definition) is 1. The molecule has 1 aliphatic heterocycles. The van der Waals surface area contributed by atoms with Gasteiger partial charge in [-0.05, 0) is 101 Å². The highest BCUT2D eigenvalue weighted by Crippen LogP contribution is 2.41. The maximum Gasteiger partial charge on any atom is 0.249 e. The molecule has 0 saturated carbocycles. The predicted molar refractivity (Wildman–Crippen MR) is 141 cm³/mol. The lowest BCUT2D eigenvalue weighted by Crippen LogP contribution is -2.66. The van der Waals surface area contributed by atoms with Crippen molar-refractivity contribution >= 4 is 39.0 Å². The molecule has 1 amide bonds. The second-order valence-corrected chi connectivity index (χ2v) is 19.4. The van der Waals surface area contributed by atoms with E-state index in [1.807, 2.05) is 0 Å². The minimum absolute atomic E-state index is 0.00401. The molecule has 1 heterocycles. The van der Waals surface area contributed by atoms with Crippen molar-refractivity contribution in [1.29, 1.82) is 0 Å². The van der Waals surface area contributed by atoms with Gasteiger partial charge in [-0.2, -0.15) is 0 Å². The number of hydrogen-bond acceptors (Lipinski definition) is 2. The van der Waals surface area contributed by atoms with Crippen LogP contribution in [0, 0.1) is 6.92 Å². The third-order valence-electron chi connectivity index (χ3n) is 7.25. The van der Waals surface area contributed by atoms with Gasteiger partial charge in [-0.3, -0.25) is 4.79 Å². The average Bonchev–Trinajstić information content (AvgIpc) is 3.06. The summed E-state index contributed by atoms with van der Waals surface area (Å²) in [6.07, 6.45) is 4.32. The summed E-state index contributed by atoms with van der Waals surface area (Å²) >= 11 is 0. The van der Waals surface area contributed by atoms with Crippen molar-refractivity contribution in [3.63, 3.8) is 0 Å². The standard InChI is InChI=1S/C27H37NO2Si2/c1-10-17-11-18-13-19(27(3,4)5)14-21(20(18)12-17)24-22(26(28)29)15-23-16(2)25(24)32(8,9)30-31(23,6)7/h11,13-15H,10,12H2,1-9H3,(H2,28,29). The van der Waals surface area contributed by atoms with E-state index >= 15 is 0 Å². The smallest absolute Gasteiger partial charge is 0.249 e. The largest absolute Gasteiger partial charge is 0.449 e. The molecule has 5 heteroatoms. The van der Waals surface area contributed by atoms with Crippen LogP contribution in [0.4, 0.5) is 0 Å². The van der Waals surface area contributed by atoms with Gasteiger partial charge in [-0.1, -0.05) is 51.5 Å². The Hall–Kier alpha value is -1.96. The molecule has 0 atom stereocenters. The lowest BCUT2D eigenvalue weighted by Gasteiger charge is -2.43. The molecule has 3 nitrogen and oxygen atoms in total. The molecule has 2 aromatic carbocycles. The molecule has 0 spiro atoms. The average molecular weight is 464 g/mol. The van der Waals surface area contributed by atoms with Gasteiger partial charge in [0.2, 0.25) is 22.5 Å². The Morgan fingerprint density at radius 2 is 1.75 bits per heavy atom. The van der Waals surface area contributed by atoms with Gasteiger partial charge in [-0.25, -0.2) is 0 Å². The summed E-state index contributed by atoms with van der Waals surface area (Å²) in [5.74, 6) is -0.337. The minimum atomic E-state index is -2.25. The first-order valence-corrected chi connectivity index (χ1v) is 17.5. The summed E-state index contributed by atoms with van der Waals surface area (Å²) in [7, 11) is -4.34. The van der Waals surface area contributed by atoms with Crippen LogP contribution in [-0.2, 0) is 16.0 Å². The van der Waals surface area contributed by atoms with Gasteiger partial charge >= 0.3 is 0 Å². The molecule has 0 fully saturated rings. The Labute approximate surface area is 195 Å². The van der Waals surface area contributed by atoms with E-state index in [1.54, 1.807) is 0 Å². The van der Waals surface area contributed by atoms with Crippen LogP contribution in [0.1, 0.15) is 66.7 Å². The van der Waals surface area contributed by atoms with Gasteiger partial charge in [0.05, 0.1) is 0 Å². The molecular weight excluding hydrogens is 426 g/mol. The third-order valence-corrected chi connectivity index (χ3v) is 15.0. The van der Waals surface area contributed by atoms with E-state index in [0.29, 0.717) is 5.56 Å². The van der Waals surface area contributed by atoms with E-state index < -0.39 is 16.6 Å². The molecule has 32 heavy (non-hydrogen) atoms. The quantitative estimate of drug-likeness (QED) is 0.631. The highest BCUT2D eigenvalue weighted by Gasteiger charge is 2.46. The van der Waals surface area contributed by atoms with Crippen LogP contribution in [0.3, 0.4) is 0 Å². The summed E-state index contributed by atoms with van der Waals surface area (Å²) in [4.78, 5) is 12.9. The highest BCUT2D eigenvalue weighted by molar-refractivity contribution is 7.00. The molecule has 2 aliphatic rings. The van der Waals surface area contributed by atoms with Crippen molar-refractivity contribution in [2.24, 2.45) is 5.73 Å². The summed E-state index contributed by atoms with van der Waals surface area (Å²) in [6, 6.07) is 6.73. The maximum absolute atomic E-state index is 12.9. The number of fused-ring (bicyclic) bond motifs is 3. The van der Waals surface area contributed by atoms with E-state index in [4.69, 9.17) is 9.85 Å². The van der Waals surface area contributed by atoms with Crippen molar-refractivity contribution < 1.29 is 8.91 Å². The zero-order valence-electron chi connectivity index (χ0n) is 21.1. The van der Waals surface area contributed by atoms with Crippen LogP contribution in [0.25, 0.3) is 17.2 Å². The van der Waals surface area contributed by atoms with Crippen LogP contribution < -0.4 is 16.1 Å². The topological polar surface area (TPSA) is 52.3 Å². The second kappa shape index (κ2) is 7.27. The Kier molecular flexibility index (Phi) is 5.27. The van der Waals surface area contributed by atoms with E-state index in [0.717, 1.165) is 18.4 Å². The highest BCUT2D eigenvalue weighted by atomic mass is 28.4. The van der Waals surface area contributed by atoms with Gasteiger partial charge in [-0.15, -0.1) is 0 Å². The number of rotatable bonds is 3. The zero-order chi connectivity index (χ0) is 23.8. The Morgan fingerprint density at radius 3 is 2.31 bits per heavy atom. The number of nitrogens with two attached hydrogens (primary N) is 1. The van der Waals surface area contributed by atoms with Crippen molar-refractivity contribution in [3.05, 3.63) is 51.6 Å². The van der Waals surface area contributed by atoms with E-state index in [9.17, 15) is 4.79 Å². The molecule has 0 saturated heterocycles. The second-order valence-electron chi connectivity index (χ2n) is 11.5. The Bertz CT molecular complexity index is 1180. The van der Waals surface area contributed by atoms with E-state index in [1.165, 1.54) is 43.8 Å². The fourth-order valence-electron chi connectivity index (χ4n) is 5.78. The number of amides is 1. The third kappa shape index (κ3) is 3.55. The predicted octanol–water partition coefficient (Wildman–Crippen LogP) is 5.26. The van der Waals surface area contributed by atoms with E-state index in [2.05, 4.69) is 85.1 Å². The maximum atomic E-state index is 12.9. The molecule has 0 radical (unpaired) electrons. The molecule has 170 valence electrons. The van der Waals surface area contributed by atoms with Crippen LogP contribution in [-0.4, -0.2) is 22.5 Å². The van der Waals surface area contributed by atoms with Gasteiger partial charge in [0.15, 0.2) is 0 Å². The fraction of sp³-hybridized carbons (Fsp3) is 0.444. The molecule has 0 aromatic heterocycles. The van der Waals surface area contributed by atoms with Crippen LogP contribution >= 0.6 is 0 Å². The molecule has 4 rings (SSSR count).